The van der Waals surface area contributed by atoms with E-state index in [9.17, 15) is 4.79 Å². The molecule has 4 nitrogen and oxygen atoms in total. The van der Waals surface area contributed by atoms with Crippen LogP contribution in [0.2, 0.25) is 0 Å². The first-order chi connectivity index (χ1) is 9.34. The smallest absolute Gasteiger partial charge is 0.308 e. The Morgan fingerprint density at radius 1 is 1.16 bits per heavy atom. The molecule has 0 spiro atoms. The lowest BCUT2D eigenvalue weighted by molar-refractivity contribution is 0.0369. The number of aromatic nitrogens is 1. The first-order valence-electron chi connectivity index (χ1n) is 6.73. The van der Waals surface area contributed by atoms with Gasteiger partial charge in [-0.3, -0.25) is 14.3 Å². The lowest BCUT2D eigenvalue weighted by Crippen LogP contribution is -2.37. The number of fused-ring (bicyclic) bond motifs is 1. The van der Waals surface area contributed by atoms with Crippen molar-refractivity contribution in [1.82, 2.24) is 9.47 Å². The number of nitrogens with zero attached hydrogens (tertiary/aromatic N) is 2. The van der Waals surface area contributed by atoms with Crippen LogP contribution >= 0.6 is 11.3 Å². The van der Waals surface area contributed by atoms with Crippen LogP contribution in [0.1, 0.15) is 6.42 Å². The highest BCUT2D eigenvalue weighted by atomic mass is 32.1. The molecule has 0 bridgehead atoms. The summed E-state index contributed by atoms with van der Waals surface area (Å²) >= 11 is 1.34. The van der Waals surface area contributed by atoms with Gasteiger partial charge in [0.1, 0.15) is 0 Å². The Hall–Kier alpha value is -1.17. The average Bonchev–Trinajstić information content (AvgIpc) is 2.76. The maximum atomic E-state index is 12.0. The molecule has 0 aliphatic carbocycles. The quantitative estimate of drug-likeness (QED) is 0.855. The van der Waals surface area contributed by atoms with E-state index in [4.69, 9.17) is 4.74 Å². The minimum absolute atomic E-state index is 0.156. The fourth-order valence-corrected chi connectivity index (χ4v) is 3.42. The van der Waals surface area contributed by atoms with Gasteiger partial charge in [-0.05, 0) is 18.6 Å². The number of hydrogen-bond donors (Lipinski definition) is 0. The molecule has 5 heteroatoms. The Bertz CT molecular complexity index is 599. The van der Waals surface area contributed by atoms with E-state index in [1.54, 1.807) is 0 Å². The van der Waals surface area contributed by atoms with Crippen molar-refractivity contribution in [1.29, 1.82) is 0 Å². The number of hydrogen-bond acceptors (Lipinski definition) is 4. The van der Waals surface area contributed by atoms with E-state index >= 15 is 0 Å². The Morgan fingerprint density at radius 2 is 1.95 bits per heavy atom. The molecule has 0 atom stereocenters. The third-order valence-electron chi connectivity index (χ3n) is 3.53. The highest BCUT2D eigenvalue weighted by molar-refractivity contribution is 7.16. The van der Waals surface area contributed by atoms with E-state index in [0.29, 0.717) is 0 Å². The molecule has 1 aromatic heterocycles. The van der Waals surface area contributed by atoms with Crippen molar-refractivity contribution < 1.29 is 4.74 Å². The van der Waals surface area contributed by atoms with Gasteiger partial charge in [-0.2, -0.15) is 0 Å². The SMILES string of the molecule is O=c1sc2ccccc2n1CCCN1CCOCC1. The summed E-state index contributed by atoms with van der Waals surface area (Å²) in [7, 11) is 0. The Morgan fingerprint density at radius 3 is 2.79 bits per heavy atom. The van der Waals surface area contributed by atoms with Crippen molar-refractivity contribution in [3.63, 3.8) is 0 Å². The van der Waals surface area contributed by atoms with Crippen LogP contribution in [-0.4, -0.2) is 42.3 Å². The molecule has 2 aromatic rings. The van der Waals surface area contributed by atoms with E-state index in [1.807, 2.05) is 28.8 Å². The summed E-state index contributed by atoms with van der Waals surface area (Å²) in [5.74, 6) is 0. The van der Waals surface area contributed by atoms with Gasteiger partial charge in [0.05, 0.1) is 23.4 Å². The van der Waals surface area contributed by atoms with Gasteiger partial charge in [0.25, 0.3) is 0 Å². The number of rotatable bonds is 4. The lowest BCUT2D eigenvalue weighted by atomic mass is 10.3. The van der Waals surface area contributed by atoms with E-state index < -0.39 is 0 Å². The first-order valence-corrected chi connectivity index (χ1v) is 7.55. The molecular formula is C14H18N2O2S. The van der Waals surface area contributed by atoms with Crippen LogP contribution in [0, 0.1) is 0 Å². The van der Waals surface area contributed by atoms with Gasteiger partial charge in [0.2, 0.25) is 0 Å². The van der Waals surface area contributed by atoms with Crippen LogP contribution in [0.5, 0.6) is 0 Å². The second kappa shape index (κ2) is 5.86. The Labute approximate surface area is 116 Å². The monoisotopic (exact) mass is 278 g/mol. The van der Waals surface area contributed by atoms with Gasteiger partial charge in [0.15, 0.2) is 0 Å². The first kappa shape index (κ1) is 12.8. The molecule has 1 fully saturated rings. The summed E-state index contributed by atoms with van der Waals surface area (Å²) in [6, 6.07) is 8.02. The summed E-state index contributed by atoms with van der Waals surface area (Å²) in [4.78, 5) is 14.5. The van der Waals surface area contributed by atoms with Gasteiger partial charge in [-0.25, -0.2) is 0 Å². The number of morpholine rings is 1. The molecule has 1 saturated heterocycles. The minimum atomic E-state index is 0.156. The maximum Gasteiger partial charge on any atom is 0.308 e. The van der Waals surface area contributed by atoms with Crippen LogP contribution < -0.4 is 4.87 Å². The molecule has 0 amide bonds. The molecule has 2 heterocycles. The van der Waals surface area contributed by atoms with Crippen LogP contribution in [0.15, 0.2) is 29.1 Å². The highest BCUT2D eigenvalue weighted by Gasteiger charge is 2.11. The maximum absolute atomic E-state index is 12.0. The molecule has 3 rings (SSSR count). The van der Waals surface area contributed by atoms with E-state index in [1.165, 1.54) is 11.3 Å². The molecule has 0 saturated carbocycles. The Balaban J connectivity index is 1.65. The number of benzene rings is 1. The molecule has 19 heavy (non-hydrogen) atoms. The van der Waals surface area contributed by atoms with Gasteiger partial charge in [-0.1, -0.05) is 23.5 Å². The van der Waals surface area contributed by atoms with Crippen molar-refractivity contribution in [2.24, 2.45) is 0 Å². The number of thiazole rings is 1. The number of aryl methyl sites for hydroxylation is 1. The summed E-state index contributed by atoms with van der Waals surface area (Å²) in [6.45, 7) is 5.54. The zero-order chi connectivity index (χ0) is 13.1. The van der Waals surface area contributed by atoms with Crippen LogP contribution in [0.4, 0.5) is 0 Å². The molecule has 0 N–H and O–H groups in total. The standard InChI is InChI=1S/C14H18N2O2S/c17-14-16(12-4-1-2-5-13(12)19-14)7-3-6-15-8-10-18-11-9-15/h1-2,4-5H,3,6-11H2. The van der Waals surface area contributed by atoms with Gasteiger partial charge < -0.3 is 4.74 Å². The third kappa shape index (κ3) is 2.88. The third-order valence-corrected chi connectivity index (χ3v) is 4.49. The summed E-state index contributed by atoms with van der Waals surface area (Å²) in [6.07, 6.45) is 1.01. The van der Waals surface area contributed by atoms with Crippen LogP contribution in [0.3, 0.4) is 0 Å². The van der Waals surface area contributed by atoms with Gasteiger partial charge in [0, 0.05) is 26.2 Å². The molecule has 1 aliphatic heterocycles. The Kier molecular flexibility index (Phi) is 3.96. The van der Waals surface area contributed by atoms with Crippen molar-refractivity contribution in [2.75, 3.05) is 32.8 Å². The van der Waals surface area contributed by atoms with E-state index in [2.05, 4.69) is 4.90 Å². The summed E-state index contributed by atoms with van der Waals surface area (Å²) in [5, 5.41) is 0. The van der Waals surface area contributed by atoms with Crippen molar-refractivity contribution in [3.8, 4) is 0 Å². The fraction of sp³-hybridized carbons (Fsp3) is 0.500. The highest BCUT2D eigenvalue weighted by Crippen LogP contribution is 2.16. The normalized spacial score (nSPS) is 17.1. The molecular weight excluding hydrogens is 260 g/mol. The summed E-state index contributed by atoms with van der Waals surface area (Å²) in [5.41, 5.74) is 1.07. The zero-order valence-corrected chi connectivity index (χ0v) is 11.7. The molecule has 1 aliphatic rings. The average molecular weight is 278 g/mol. The molecule has 0 unspecified atom stereocenters. The van der Waals surface area contributed by atoms with E-state index in [-0.39, 0.29) is 4.87 Å². The second-order valence-corrected chi connectivity index (χ2v) is 5.79. The fourth-order valence-electron chi connectivity index (χ4n) is 2.50. The molecule has 0 radical (unpaired) electrons. The second-order valence-electron chi connectivity index (χ2n) is 4.79. The molecule has 1 aromatic carbocycles. The van der Waals surface area contributed by atoms with Crippen LogP contribution in [0.25, 0.3) is 10.2 Å². The van der Waals surface area contributed by atoms with E-state index in [0.717, 1.165) is 56.0 Å². The molecule has 102 valence electrons. The van der Waals surface area contributed by atoms with Gasteiger partial charge in [-0.15, -0.1) is 0 Å². The predicted octanol–water partition coefficient (Wildman–Crippen LogP) is 1.79. The predicted molar refractivity (Wildman–Crippen MR) is 78.0 cm³/mol. The lowest BCUT2D eigenvalue weighted by Gasteiger charge is -2.26. The number of ether oxygens (including phenoxy) is 1. The van der Waals surface area contributed by atoms with Crippen molar-refractivity contribution in [2.45, 2.75) is 13.0 Å². The number of para-hydroxylation sites is 1. The summed E-state index contributed by atoms with van der Waals surface area (Å²) < 4.78 is 8.32. The topological polar surface area (TPSA) is 34.5 Å². The van der Waals surface area contributed by atoms with Crippen molar-refractivity contribution >= 4 is 21.6 Å². The largest absolute Gasteiger partial charge is 0.379 e. The van der Waals surface area contributed by atoms with Crippen molar-refractivity contribution in [3.05, 3.63) is 33.9 Å². The van der Waals surface area contributed by atoms with Crippen LogP contribution in [-0.2, 0) is 11.3 Å². The van der Waals surface area contributed by atoms with Gasteiger partial charge >= 0.3 is 4.87 Å². The minimum Gasteiger partial charge on any atom is -0.379 e. The zero-order valence-electron chi connectivity index (χ0n) is 10.9.